The molecule has 0 aliphatic carbocycles. The lowest BCUT2D eigenvalue weighted by molar-refractivity contribution is -0.116. The monoisotopic (exact) mass is 421 g/mol. The Hall–Kier alpha value is -1.89. The van der Waals surface area contributed by atoms with Crippen molar-refractivity contribution in [2.24, 2.45) is 0 Å². The van der Waals surface area contributed by atoms with Crippen molar-refractivity contribution in [3.63, 3.8) is 0 Å². The fourth-order valence-electron chi connectivity index (χ4n) is 3.39. The summed E-state index contributed by atoms with van der Waals surface area (Å²) in [5, 5.41) is 8.25. The Labute approximate surface area is 176 Å². The van der Waals surface area contributed by atoms with Crippen LogP contribution in [0.15, 0.2) is 41.8 Å². The van der Waals surface area contributed by atoms with Gasteiger partial charge in [-0.2, -0.15) is 0 Å². The standard InChI is InChI=1S/C21H27N3O2S.ClH/c1-22-17-10-12-24(13-11-17)21(26)16-5-2-6-18(15-16)23-20(25)9-3-7-19-8-4-14-27-19;/h2,4-6,8,14-15,17,22H,3,7,9-13H2,1H3,(H,23,25);1H. The molecule has 28 heavy (non-hydrogen) atoms. The van der Waals surface area contributed by atoms with Crippen molar-refractivity contribution in [2.75, 3.05) is 25.5 Å². The van der Waals surface area contributed by atoms with E-state index in [4.69, 9.17) is 0 Å². The van der Waals surface area contributed by atoms with Gasteiger partial charge in [0, 0.05) is 41.7 Å². The van der Waals surface area contributed by atoms with Gasteiger partial charge in [0.25, 0.3) is 5.91 Å². The first-order valence-corrected chi connectivity index (χ1v) is 10.4. The number of thiophene rings is 1. The van der Waals surface area contributed by atoms with Gasteiger partial charge in [-0.25, -0.2) is 0 Å². The average Bonchev–Trinajstić information content (AvgIpc) is 3.21. The minimum absolute atomic E-state index is 0. The quantitative estimate of drug-likeness (QED) is 0.711. The predicted octanol–water partition coefficient (Wildman–Crippen LogP) is 3.96. The summed E-state index contributed by atoms with van der Waals surface area (Å²) < 4.78 is 0. The van der Waals surface area contributed by atoms with Gasteiger partial charge in [-0.3, -0.25) is 9.59 Å². The molecule has 1 saturated heterocycles. The summed E-state index contributed by atoms with van der Waals surface area (Å²) in [6.07, 6.45) is 4.18. The number of hydrogen-bond acceptors (Lipinski definition) is 4. The Morgan fingerprint density at radius 1 is 1.18 bits per heavy atom. The number of anilines is 1. The Bertz CT molecular complexity index is 759. The summed E-state index contributed by atoms with van der Waals surface area (Å²) in [6, 6.07) is 11.9. The number of nitrogens with zero attached hydrogens (tertiary/aromatic N) is 1. The van der Waals surface area contributed by atoms with Crippen LogP contribution in [0.3, 0.4) is 0 Å². The third-order valence-electron chi connectivity index (χ3n) is 4.99. The summed E-state index contributed by atoms with van der Waals surface area (Å²) in [6.45, 7) is 1.54. The van der Waals surface area contributed by atoms with Crippen LogP contribution >= 0.6 is 23.7 Å². The molecule has 2 aromatic rings. The first kappa shape index (κ1) is 22.4. The van der Waals surface area contributed by atoms with Gasteiger partial charge < -0.3 is 15.5 Å². The van der Waals surface area contributed by atoms with Crippen molar-refractivity contribution >= 4 is 41.2 Å². The molecule has 0 atom stereocenters. The summed E-state index contributed by atoms with van der Waals surface area (Å²) >= 11 is 1.72. The zero-order chi connectivity index (χ0) is 19.1. The molecular formula is C21H28ClN3O2S. The highest BCUT2D eigenvalue weighted by molar-refractivity contribution is 7.09. The molecular weight excluding hydrogens is 394 g/mol. The largest absolute Gasteiger partial charge is 0.339 e. The molecule has 0 saturated carbocycles. The van der Waals surface area contributed by atoms with Crippen LogP contribution in [0.25, 0.3) is 0 Å². The Morgan fingerprint density at radius 2 is 1.96 bits per heavy atom. The first-order valence-electron chi connectivity index (χ1n) is 9.54. The molecule has 152 valence electrons. The molecule has 7 heteroatoms. The van der Waals surface area contributed by atoms with E-state index in [1.807, 2.05) is 36.2 Å². The van der Waals surface area contributed by atoms with Crippen molar-refractivity contribution in [3.05, 3.63) is 52.2 Å². The van der Waals surface area contributed by atoms with E-state index < -0.39 is 0 Å². The second kappa shape index (κ2) is 11.2. The Kier molecular flexibility index (Phi) is 8.96. The van der Waals surface area contributed by atoms with Crippen LogP contribution < -0.4 is 10.6 Å². The topological polar surface area (TPSA) is 61.4 Å². The number of nitrogens with one attached hydrogen (secondary N) is 2. The number of benzene rings is 1. The van der Waals surface area contributed by atoms with Gasteiger partial charge in [-0.1, -0.05) is 12.1 Å². The molecule has 0 unspecified atom stereocenters. The van der Waals surface area contributed by atoms with Gasteiger partial charge >= 0.3 is 0 Å². The lowest BCUT2D eigenvalue weighted by Crippen LogP contribution is -2.43. The van der Waals surface area contributed by atoms with E-state index in [1.165, 1.54) is 4.88 Å². The van der Waals surface area contributed by atoms with Gasteiger partial charge in [-0.05, 0) is 62.4 Å². The molecule has 3 rings (SSSR count). The second-order valence-corrected chi connectivity index (χ2v) is 7.95. The minimum atomic E-state index is -0.00834. The van der Waals surface area contributed by atoms with E-state index in [0.29, 0.717) is 23.7 Å². The van der Waals surface area contributed by atoms with E-state index in [2.05, 4.69) is 22.1 Å². The smallest absolute Gasteiger partial charge is 0.253 e. The van der Waals surface area contributed by atoms with Gasteiger partial charge in [0.05, 0.1) is 0 Å². The van der Waals surface area contributed by atoms with Crippen molar-refractivity contribution < 1.29 is 9.59 Å². The van der Waals surface area contributed by atoms with E-state index in [-0.39, 0.29) is 24.2 Å². The number of aryl methyl sites for hydroxylation is 1. The zero-order valence-corrected chi connectivity index (χ0v) is 17.8. The maximum absolute atomic E-state index is 12.7. The van der Waals surface area contributed by atoms with E-state index in [0.717, 1.165) is 38.8 Å². The molecule has 0 spiro atoms. The van der Waals surface area contributed by atoms with Gasteiger partial charge in [0.15, 0.2) is 0 Å². The maximum atomic E-state index is 12.7. The van der Waals surface area contributed by atoms with Crippen molar-refractivity contribution in [1.82, 2.24) is 10.2 Å². The highest BCUT2D eigenvalue weighted by atomic mass is 35.5. The van der Waals surface area contributed by atoms with Gasteiger partial charge in [-0.15, -0.1) is 23.7 Å². The number of carbonyl (C=O) groups is 2. The molecule has 2 amide bonds. The number of hydrogen-bond donors (Lipinski definition) is 2. The molecule has 0 bridgehead atoms. The van der Waals surface area contributed by atoms with Gasteiger partial charge in [0.1, 0.15) is 0 Å². The van der Waals surface area contributed by atoms with Crippen LogP contribution in [0.4, 0.5) is 5.69 Å². The second-order valence-electron chi connectivity index (χ2n) is 6.92. The minimum Gasteiger partial charge on any atom is -0.339 e. The molecule has 1 aliphatic heterocycles. The lowest BCUT2D eigenvalue weighted by Gasteiger charge is -2.32. The van der Waals surface area contributed by atoms with Crippen LogP contribution in [0, 0.1) is 0 Å². The summed E-state index contributed by atoms with van der Waals surface area (Å²) in [5.41, 5.74) is 1.32. The SMILES string of the molecule is CNC1CCN(C(=O)c2cccc(NC(=O)CCCc3cccs3)c2)CC1.Cl. The Morgan fingerprint density at radius 3 is 2.64 bits per heavy atom. The highest BCUT2D eigenvalue weighted by Crippen LogP contribution is 2.17. The number of carbonyl (C=O) groups excluding carboxylic acids is 2. The van der Waals surface area contributed by atoms with Crippen LogP contribution in [0.1, 0.15) is 40.9 Å². The van der Waals surface area contributed by atoms with Crippen LogP contribution in [-0.2, 0) is 11.2 Å². The maximum Gasteiger partial charge on any atom is 0.253 e. The number of halogens is 1. The fraction of sp³-hybridized carbons (Fsp3) is 0.429. The third kappa shape index (κ3) is 6.33. The van der Waals surface area contributed by atoms with Crippen LogP contribution in [-0.4, -0.2) is 42.9 Å². The molecule has 2 heterocycles. The van der Waals surface area contributed by atoms with Crippen molar-refractivity contribution in [3.8, 4) is 0 Å². The molecule has 1 aromatic carbocycles. The summed E-state index contributed by atoms with van der Waals surface area (Å²) in [4.78, 5) is 28.1. The van der Waals surface area contributed by atoms with E-state index in [1.54, 1.807) is 17.4 Å². The summed E-state index contributed by atoms with van der Waals surface area (Å²) in [7, 11) is 1.97. The Balaban J connectivity index is 0.00000280. The van der Waals surface area contributed by atoms with Crippen molar-refractivity contribution in [2.45, 2.75) is 38.1 Å². The average molecular weight is 422 g/mol. The number of likely N-dealkylation sites (tertiary alicyclic amines) is 1. The number of rotatable bonds is 7. The van der Waals surface area contributed by atoms with Crippen LogP contribution in [0.2, 0.25) is 0 Å². The lowest BCUT2D eigenvalue weighted by atomic mass is 10.0. The molecule has 1 aliphatic rings. The molecule has 2 N–H and O–H groups in total. The third-order valence-corrected chi connectivity index (χ3v) is 5.93. The predicted molar refractivity (Wildman–Crippen MR) is 118 cm³/mol. The summed E-state index contributed by atoms with van der Waals surface area (Å²) in [5.74, 6) is 0.0318. The van der Waals surface area contributed by atoms with Crippen molar-refractivity contribution in [1.29, 1.82) is 0 Å². The van der Waals surface area contributed by atoms with Gasteiger partial charge in [0.2, 0.25) is 5.91 Å². The molecule has 1 aromatic heterocycles. The first-order chi connectivity index (χ1) is 13.2. The molecule has 1 fully saturated rings. The number of piperidine rings is 1. The highest BCUT2D eigenvalue weighted by Gasteiger charge is 2.22. The van der Waals surface area contributed by atoms with E-state index >= 15 is 0 Å². The zero-order valence-electron chi connectivity index (χ0n) is 16.1. The normalized spacial score (nSPS) is 14.4. The van der Waals surface area contributed by atoms with E-state index in [9.17, 15) is 9.59 Å². The van der Waals surface area contributed by atoms with Crippen LogP contribution in [0.5, 0.6) is 0 Å². The number of amides is 2. The fourth-order valence-corrected chi connectivity index (χ4v) is 4.14. The molecule has 0 radical (unpaired) electrons. The molecule has 5 nitrogen and oxygen atoms in total.